The predicted molar refractivity (Wildman–Crippen MR) is 78.9 cm³/mol. The summed E-state index contributed by atoms with van der Waals surface area (Å²) in [4.78, 5) is 17.0. The molecule has 0 saturated carbocycles. The smallest absolute Gasteiger partial charge is 0.227 e. The second-order valence-electron chi connectivity index (χ2n) is 5.94. The van der Waals surface area contributed by atoms with Gasteiger partial charge < -0.3 is 14.5 Å². The van der Waals surface area contributed by atoms with Crippen LogP contribution in [0.4, 0.5) is 0 Å². The average Bonchev–Trinajstić information content (AvgIpc) is 2.91. The van der Waals surface area contributed by atoms with Crippen LogP contribution in [-0.4, -0.2) is 70.4 Å². The molecule has 0 unspecified atom stereocenters. The average molecular weight is 292 g/mol. The summed E-state index contributed by atoms with van der Waals surface area (Å²) in [5.74, 6) is 0.200. The third kappa shape index (κ3) is 3.11. The van der Waals surface area contributed by atoms with Crippen molar-refractivity contribution < 1.29 is 9.53 Å². The number of amides is 1. The second-order valence-corrected chi connectivity index (χ2v) is 5.94. The molecule has 6 nitrogen and oxygen atoms in total. The monoisotopic (exact) mass is 292 g/mol. The first kappa shape index (κ1) is 14.5. The first-order valence-electron chi connectivity index (χ1n) is 7.78. The van der Waals surface area contributed by atoms with Crippen molar-refractivity contribution in [3.63, 3.8) is 0 Å². The number of hydrogen-bond donors (Lipinski definition) is 0. The van der Waals surface area contributed by atoms with Crippen molar-refractivity contribution in [2.24, 2.45) is 7.05 Å². The first-order chi connectivity index (χ1) is 10.2. The molecule has 0 N–H and O–H groups in total. The second kappa shape index (κ2) is 6.15. The Kier molecular flexibility index (Phi) is 4.26. The summed E-state index contributed by atoms with van der Waals surface area (Å²) in [5.41, 5.74) is 0.983. The number of aryl methyl sites for hydroxylation is 1. The van der Waals surface area contributed by atoms with Gasteiger partial charge in [-0.15, -0.1) is 0 Å². The van der Waals surface area contributed by atoms with Crippen LogP contribution in [0.2, 0.25) is 0 Å². The van der Waals surface area contributed by atoms with Gasteiger partial charge in [-0.3, -0.25) is 9.48 Å². The van der Waals surface area contributed by atoms with E-state index in [0.29, 0.717) is 19.6 Å². The van der Waals surface area contributed by atoms with Gasteiger partial charge in [-0.05, 0) is 18.5 Å². The maximum atomic E-state index is 12.6. The van der Waals surface area contributed by atoms with Gasteiger partial charge in [0, 0.05) is 32.9 Å². The number of likely N-dealkylation sites (tertiary alicyclic amines) is 1. The number of carbonyl (C=O) groups is 1. The van der Waals surface area contributed by atoms with Gasteiger partial charge >= 0.3 is 0 Å². The van der Waals surface area contributed by atoms with Crippen molar-refractivity contribution >= 4 is 5.91 Å². The van der Waals surface area contributed by atoms with Gasteiger partial charge in [-0.2, -0.15) is 5.10 Å². The number of rotatable bonds is 3. The Morgan fingerprint density at radius 2 is 2.33 bits per heavy atom. The van der Waals surface area contributed by atoms with E-state index in [1.807, 2.05) is 18.1 Å². The molecule has 0 radical (unpaired) electrons. The van der Waals surface area contributed by atoms with Gasteiger partial charge in [0.05, 0.1) is 31.4 Å². The van der Waals surface area contributed by atoms with E-state index in [4.69, 9.17) is 4.74 Å². The molecule has 2 aliphatic rings. The van der Waals surface area contributed by atoms with Crippen LogP contribution in [0, 0.1) is 0 Å². The highest BCUT2D eigenvalue weighted by Crippen LogP contribution is 2.23. The number of aromatic nitrogens is 2. The standard InChI is InChI=1S/C15H24N4O2/c1-3-18-5-4-13-14(11-18)21-7-6-19(13)15(20)8-12-9-16-17(2)10-12/h9-10,13-14H,3-8,11H2,1-2H3/t13-,14-/m1/s1. The minimum absolute atomic E-state index is 0.172. The fourth-order valence-corrected chi connectivity index (χ4v) is 3.39. The van der Waals surface area contributed by atoms with Crippen LogP contribution in [0.1, 0.15) is 18.9 Å². The third-order valence-corrected chi connectivity index (χ3v) is 4.55. The largest absolute Gasteiger partial charge is 0.373 e. The molecule has 3 rings (SSSR count). The highest BCUT2D eigenvalue weighted by atomic mass is 16.5. The number of nitrogens with zero attached hydrogens (tertiary/aromatic N) is 4. The Hall–Kier alpha value is -1.40. The molecule has 0 aromatic carbocycles. The summed E-state index contributed by atoms with van der Waals surface area (Å²) < 4.78 is 7.64. The van der Waals surface area contributed by atoms with Crippen LogP contribution in [-0.2, 0) is 23.0 Å². The summed E-state index contributed by atoms with van der Waals surface area (Å²) in [5, 5.41) is 4.13. The maximum absolute atomic E-state index is 12.6. The highest BCUT2D eigenvalue weighted by molar-refractivity contribution is 5.79. The van der Waals surface area contributed by atoms with Crippen molar-refractivity contribution in [1.29, 1.82) is 0 Å². The molecule has 3 heterocycles. The van der Waals surface area contributed by atoms with Crippen LogP contribution in [0.25, 0.3) is 0 Å². The molecule has 2 saturated heterocycles. The van der Waals surface area contributed by atoms with Gasteiger partial charge in [0.1, 0.15) is 0 Å². The van der Waals surface area contributed by atoms with Crippen molar-refractivity contribution in [1.82, 2.24) is 19.6 Å². The van der Waals surface area contributed by atoms with Crippen LogP contribution in [0.15, 0.2) is 12.4 Å². The molecule has 21 heavy (non-hydrogen) atoms. The van der Waals surface area contributed by atoms with Crippen molar-refractivity contribution in [2.75, 3.05) is 32.8 Å². The summed E-state index contributed by atoms with van der Waals surface area (Å²) in [6.45, 7) is 6.59. The molecule has 116 valence electrons. The van der Waals surface area contributed by atoms with Gasteiger partial charge in [-0.25, -0.2) is 0 Å². The topological polar surface area (TPSA) is 50.6 Å². The summed E-state index contributed by atoms with van der Waals surface area (Å²) in [7, 11) is 1.87. The van der Waals surface area contributed by atoms with Crippen LogP contribution in [0.5, 0.6) is 0 Å². The highest BCUT2D eigenvalue weighted by Gasteiger charge is 2.38. The zero-order chi connectivity index (χ0) is 14.8. The number of fused-ring (bicyclic) bond motifs is 1. The Morgan fingerprint density at radius 3 is 3.05 bits per heavy atom. The van der Waals surface area contributed by atoms with Gasteiger partial charge in [0.2, 0.25) is 5.91 Å². The molecule has 6 heteroatoms. The lowest BCUT2D eigenvalue weighted by Crippen LogP contribution is -2.60. The van der Waals surface area contributed by atoms with Crippen molar-refractivity contribution in [2.45, 2.75) is 31.9 Å². The molecule has 2 aliphatic heterocycles. The molecular formula is C15H24N4O2. The molecule has 0 aliphatic carbocycles. The van der Waals surface area contributed by atoms with Gasteiger partial charge in [0.15, 0.2) is 0 Å². The lowest BCUT2D eigenvalue weighted by molar-refractivity contribution is -0.151. The lowest BCUT2D eigenvalue weighted by atomic mass is 9.97. The van der Waals surface area contributed by atoms with Crippen LogP contribution in [0.3, 0.4) is 0 Å². The van der Waals surface area contributed by atoms with E-state index in [1.165, 1.54) is 0 Å². The number of hydrogen-bond acceptors (Lipinski definition) is 4. The number of morpholine rings is 1. The maximum Gasteiger partial charge on any atom is 0.227 e. The number of likely N-dealkylation sites (N-methyl/N-ethyl adjacent to an activating group) is 1. The molecule has 0 spiro atoms. The predicted octanol–water partition coefficient (Wildman–Crippen LogP) is 0.284. The van der Waals surface area contributed by atoms with Crippen molar-refractivity contribution in [3.8, 4) is 0 Å². The van der Waals surface area contributed by atoms with Crippen LogP contribution < -0.4 is 0 Å². The first-order valence-corrected chi connectivity index (χ1v) is 7.78. The molecule has 2 atom stereocenters. The fraction of sp³-hybridized carbons (Fsp3) is 0.733. The fourth-order valence-electron chi connectivity index (χ4n) is 3.39. The third-order valence-electron chi connectivity index (χ3n) is 4.55. The molecular weight excluding hydrogens is 268 g/mol. The van der Waals surface area contributed by atoms with E-state index in [1.54, 1.807) is 10.9 Å². The summed E-state index contributed by atoms with van der Waals surface area (Å²) >= 11 is 0. The number of carbonyl (C=O) groups excluding carboxylic acids is 1. The quantitative estimate of drug-likeness (QED) is 0.803. The zero-order valence-corrected chi connectivity index (χ0v) is 12.9. The van der Waals surface area contributed by atoms with E-state index in [2.05, 4.69) is 16.9 Å². The van der Waals surface area contributed by atoms with Gasteiger partial charge in [0.25, 0.3) is 0 Å². The lowest BCUT2D eigenvalue weighted by Gasteiger charge is -2.46. The van der Waals surface area contributed by atoms with Gasteiger partial charge in [-0.1, -0.05) is 6.92 Å². The Morgan fingerprint density at radius 1 is 1.48 bits per heavy atom. The van der Waals surface area contributed by atoms with Crippen LogP contribution >= 0.6 is 0 Å². The number of piperidine rings is 1. The Bertz CT molecular complexity index is 502. The van der Waals surface area contributed by atoms with E-state index in [0.717, 1.165) is 31.6 Å². The zero-order valence-electron chi connectivity index (χ0n) is 12.9. The Labute approximate surface area is 125 Å². The van der Waals surface area contributed by atoms with E-state index in [9.17, 15) is 4.79 Å². The molecule has 1 aromatic heterocycles. The normalized spacial score (nSPS) is 26.7. The molecule has 2 fully saturated rings. The summed E-state index contributed by atoms with van der Waals surface area (Å²) in [6, 6.07) is 0.241. The molecule has 0 bridgehead atoms. The van der Waals surface area contributed by atoms with Crippen molar-refractivity contribution in [3.05, 3.63) is 18.0 Å². The van der Waals surface area contributed by atoms with E-state index < -0.39 is 0 Å². The van der Waals surface area contributed by atoms with E-state index in [-0.39, 0.29) is 18.1 Å². The molecule has 1 amide bonds. The van der Waals surface area contributed by atoms with E-state index >= 15 is 0 Å². The SMILES string of the molecule is CCN1CC[C@@H]2[C@@H](C1)OCCN2C(=O)Cc1cnn(C)c1. The minimum Gasteiger partial charge on any atom is -0.373 e. The number of ether oxygens (including phenoxy) is 1. The summed E-state index contributed by atoms with van der Waals surface area (Å²) in [6.07, 6.45) is 5.31. The minimum atomic E-state index is 0.172. The molecule has 1 aromatic rings. The Balaban J connectivity index is 1.65.